The van der Waals surface area contributed by atoms with Crippen molar-refractivity contribution in [2.45, 2.75) is 26.2 Å². The van der Waals surface area contributed by atoms with Crippen LogP contribution in [0.3, 0.4) is 0 Å². The number of ketones is 1. The normalized spacial score (nSPS) is 20.5. The quantitative estimate of drug-likeness (QED) is 0.773. The highest BCUT2D eigenvalue weighted by Gasteiger charge is 2.18. The predicted octanol–water partition coefficient (Wildman–Crippen LogP) is 4.30. The third-order valence-corrected chi connectivity index (χ3v) is 4.19. The van der Waals surface area contributed by atoms with Gasteiger partial charge in [-0.1, -0.05) is 30.1 Å². The number of benzene rings is 1. The van der Waals surface area contributed by atoms with Crippen molar-refractivity contribution in [3.63, 3.8) is 0 Å². The van der Waals surface area contributed by atoms with E-state index in [0.717, 1.165) is 25.6 Å². The van der Waals surface area contributed by atoms with E-state index in [0.29, 0.717) is 22.0 Å². The molecule has 1 saturated heterocycles. The minimum atomic E-state index is 0.0747. The average Bonchev–Trinajstić information content (AvgIpc) is 2.39. The first kappa shape index (κ1) is 14.8. The Kier molecular flexibility index (Phi) is 5.26. The van der Waals surface area contributed by atoms with Gasteiger partial charge in [0.1, 0.15) is 0 Å². The van der Waals surface area contributed by atoms with E-state index in [1.807, 2.05) is 0 Å². The van der Waals surface area contributed by atoms with Gasteiger partial charge >= 0.3 is 0 Å². The molecule has 19 heavy (non-hydrogen) atoms. The van der Waals surface area contributed by atoms with Gasteiger partial charge in [0.05, 0.1) is 5.02 Å². The van der Waals surface area contributed by atoms with E-state index in [1.54, 1.807) is 18.2 Å². The molecule has 0 spiro atoms. The molecule has 0 aromatic heterocycles. The van der Waals surface area contributed by atoms with Crippen LogP contribution < -0.4 is 0 Å². The van der Waals surface area contributed by atoms with Crippen molar-refractivity contribution >= 4 is 29.0 Å². The summed E-state index contributed by atoms with van der Waals surface area (Å²) in [7, 11) is 0. The van der Waals surface area contributed by atoms with Gasteiger partial charge in [-0.2, -0.15) is 0 Å². The van der Waals surface area contributed by atoms with E-state index in [1.165, 1.54) is 12.8 Å². The molecule has 1 aliphatic rings. The number of hydrogen-bond acceptors (Lipinski definition) is 2. The molecule has 104 valence electrons. The molecule has 1 fully saturated rings. The fourth-order valence-corrected chi connectivity index (χ4v) is 2.99. The third-order valence-electron chi connectivity index (χ3n) is 3.63. The molecule has 1 aromatic rings. The van der Waals surface area contributed by atoms with E-state index in [9.17, 15) is 4.79 Å². The van der Waals surface area contributed by atoms with Gasteiger partial charge in [0.15, 0.2) is 5.78 Å². The maximum absolute atomic E-state index is 12.2. The van der Waals surface area contributed by atoms with Crippen LogP contribution in [0.15, 0.2) is 18.2 Å². The smallest absolute Gasteiger partial charge is 0.165 e. The number of piperidine rings is 1. The molecule has 0 saturated carbocycles. The van der Waals surface area contributed by atoms with E-state index >= 15 is 0 Å². The first-order valence-corrected chi connectivity index (χ1v) is 7.52. The molecule has 1 heterocycles. The molecule has 1 atom stereocenters. The molecular weight excluding hydrogens is 281 g/mol. The Morgan fingerprint density at radius 1 is 1.42 bits per heavy atom. The highest BCUT2D eigenvalue weighted by Crippen LogP contribution is 2.22. The van der Waals surface area contributed by atoms with Gasteiger partial charge in [-0.3, -0.25) is 4.79 Å². The number of carbonyl (C=O) groups is 1. The van der Waals surface area contributed by atoms with Crippen LogP contribution >= 0.6 is 23.2 Å². The van der Waals surface area contributed by atoms with E-state index in [2.05, 4.69) is 11.8 Å². The van der Waals surface area contributed by atoms with Crippen molar-refractivity contribution in [3.8, 4) is 0 Å². The molecule has 1 unspecified atom stereocenters. The molecule has 2 nitrogen and oxygen atoms in total. The Morgan fingerprint density at radius 2 is 2.21 bits per heavy atom. The summed E-state index contributed by atoms with van der Waals surface area (Å²) in [5, 5.41) is 1.04. The van der Waals surface area contributed by atoms with Gasteiger partial charge in [-0.25, -0.2) is 0 Å². The monoisotopic (exact) mass is 299 g/mol. The molecule has 1 aromatic carbocycles. The Bertz CT molecular complexity index is 461. The molecule has 0 bridgehead atoms. The highest BCUT2D eigenvalue weighted by molar-refractivity contribution is 6.35. The summed E-state index contributed by atoms with van der Waals surface area (Å²) in [6.45, 7) is 5.27. The lowest BCUT2D eigenvalue weighted by molar-refractivity contribution is 0.0949. The van der Waals surface area contributed by atoms with Crippen LogP contribution in [0.5, 0.6) is 0 Å². The van der Waals surface area contributed by atoms with E-state index in [4.69, 9.17) is 23.2 Å². The van der Waals surface area contributed by atoms with E-state index < -0.39 is 0 Å². The first-order chi connectivity index (χ1) is 9.06. The van der Waals surface area contributed by atoms with Gasteiger partial charge in [-0.15, -0.1) is 0 Å². The van der Waals surface area contributed by atoms with Crippen molar-refractivity contribution < 1.29 is 4.79 Å². The fourth-order valence-electron chi connectivity index (χ4n) is 2.60. The zero-order chi connectivity index (χ0) is 13.8. The van der Waals surface area contributed by atoms with Crippen LogP contribution in [-0.4, -0.2) is 30.3 Å². The van der Waals surface area contributed by atoms with Gasteiger partial charge in [-0.05, 0) is 43.5 Å². The van der Waals surface area contributed by atoms with Gasteiger partial charge in [0.2, 0.25) is 0 Å². The summed E-state index contributed by atoms with van der Waals surface area (Å²) >= 11 is 12.0. The Hall–Kier alpha value is -0.570. The third kappa shape index (κ3) is 4.20. The number of likely N-dealkylation sites (tertiary alicyclic amines) is 1. The molecule has 0 amide bonds. The number of halogens is 2. The number of carbonyl (C=O) groups excluding carboxylic acids is 1. The summed E-state index contributed by atoms with van der Waals surface area (Å²) in [6.07, 6.45) is 3.03. The number of rotatable bonds is 4. The summed E-state index contributed by atoms with van der Waals surface area (Å²) in [5.41, 5.74) is 0.541. The van der Waals surface area contributed by atoms with Gasteiger partial charge < -0.3 is 4.90 Å². The fraction of sp³-hybridized carbons (Fsp3) is 0.533. The Morgan fingerprint density at radius 3 is 2.95 bits per heavy atom. The zero-order valence-corrected chi connectivity index (χ0v) is 12.7. The lowest BCUT2D eigenvalue weighted by Crippen LogP contribution is -2.35. The molecule has 4 heteroatoms. The molecule has 0 aliphatic carbocycles. The van der Waals surface area contributed by atoms with Crippen LogP contribution in [0, 0.1) is 5.92 Å². The van der Waals surface area contributed by atoms with Crippen molar-refractivity contribution in [2.24, 2.45) is 5.92 Å². The SMILES string of the molecule is CC1CCCN(CCC(=O)c2cc(Cl)ccc2Cl)C1. The zero-order valence-electron chi connectivity index (χ0n) is 11.2. The summed E-state index contributed by atoms with van der Waals surface area (Å²) in [5.74, 6) is 0.810. The van der Waals surface area contributed by atoms with Crippen LogP contribution in [0.4, 0.5) is 0 Å². The Balaban J connectivity index is 1.92. The number of hydrogen-bond donors (Lipinski definition) is 0. The van der Waals surface area contributed by atoms with Crippen LogP contribution in [-0.2, 0) is 0 Å². The van der Waals surface area contributed by atoms with Crippen molar-refractivity contribution in [1.29, 1.82) is 0 Å². The average molecular weight is 300 g/mol. The van der Waals surface area contributed by atoms with Gasteiger partial charge in [0, 0.05) is 30.1 Å². The second-order valence-corrected chi connectivity index (χ2v) is 6.19. The molecular formula is C15H19Cl2NO. The summed E-state index contributed by atoms with van der Waals surface area (Å²) in [6, 6.07) is 5.04. The second kappa shape index (κ2) is 6.74. The lowest BCUT2D eigenvalue weighted by atomic mass is 9.99. The largest absolute Gasteiger partial charge is 0.303 e. The minimum absolute atomic E-state index is 0.0747. The maximum atomic E-state index is 12.2. The molecule has 0 radical (unpaired) electrons. The van der Waals surface area contributed by atoms with Crippen LogP contribution in [0.1, 0.15) is 36.5 Å². The first-order valence-electron chi connectivity index (χ1n) is 6.77. The van der Waals surface area contributed by atoms with Gasteiger partial charge in [0.25, 0.3) is 0 Å². The Labute approximate surface area is 124 Å². The number of Topliss-reactive ketones (excluding diaryl/α,β-unsaturated/α-hetero) is 1. The maximum Gasteiger partial charge on any atom is 0.165 e. The van der Waals surface area contributed by atoms with Crippen molar-refractivity contribution in [2.75, 3.05) is 19.6 Å². The van der Waals surface area contributed by atoms with Crippen molar-refractivity contribution in [1.82, 2.24) is 4.90 Å². The van der Waals surface area contributed by atoms with Crippen molar-refractivity contribution in [3.05, 3.63) is 33.8 Å². The topological polar surface area (TPSA) is 20.3 Å². The molecule has 1 aliphatic heterocycles. The predicted molar refractivity (Wildman–Crippen MR) is 80.2 cm³/mol. The standard InChI is InChI=1S/C15H19Cl2NO/c1-11-3-2-7-18(10-11)8-6-15(19)13-9-12(16)4-5-14(13)17/h4-5,9,11H,2-3,6-8,10H2,1H3. The van der Waals surface area contributed by atoms with E-state index in [-0.39, 0.29) is 5.78 Å². The second-order valence-electron chi connectivity index (χ2n) is 5.35. The lowest BCUT2D eigenvalue weighted by Gasteiger charge is -2.30. The van der Waals surface area contributed by atoms with Crippen LogP contribution in [0.25, 0.3) is 0 Å². The molecule has 0 N–H and O–H groups in total. The van der Waals surface area contributed by atoms with Crippen LogP contribution in [0.2, 0.25) is 10.0 Å². The highest BCUT2D eigenvalue weighted by atomic mass is 35.5. The summed E-state index contributed by atoms with van der Waals surface area (Å²) < 4.78 is 0. The number of nitrogens with zero attached hydrogens (tertiary/aromatic N) is 1. The minimum Gasteiger partial charge on any atom is -0.303 e. The summed E-state index contributed by atoms with van der Waals surface area (Å²) in [4.78, 5) is 14.5. The molecule has 2 rings (SSSR count).